The fourth-order valence-corrected chi connectivity index (χ4v) is 2.85. The number of thiol groups is 2. The average Bonchev–Trinajstić information content (AvgIpc) is 2.24. The summed E-state index contributed by atoms with van der Waals surface area (Å²) in [5.41, 5.74) is 0. The first-order valence-corrected chi connectivity index (χ1v) is 11.8. The fourth-order valence-electron chi connectivity index (χ4n) is 1.77. The van der Waals surface area contributed by atoms with Crippen molar-refractivity contribution in [3.63, 3.8) is 0 Å². The van der Waals surface area contributed by atoms with Gasteiger partial charge in [0, 0.05) is 0 Å². The molecule has 0 bridgehead atoms. The van der Waals surface area contributed by atoms with E-state index in [1.54, 1.807) is 0 Å². The summed E-state index contributed by atoms with van der Waals surface area (Å²) in [6, 6.07) is 0. The van der Waals surface area contributed by atoms with E-state index < -0.39 is 4.67 Å². The van der Waals surface area contributed by atoms with Gasteiger partial charge in [0.1, 0.15) is 0 Å². The van der Waals surface area contributed by atoms with Crippen LogP contribution in [0.3, 0.4) is 0 Å². The van der Waals surface area contributed by atoms with Crippen LogP contribution in [0.15, 0.2) is 0 Å². The van der Waals surface area contributed by atoms with E-state index in [1.807, 2.05) is 0 Å². The van der Waals surface area contributed by atoms with Crippen molar-refractivity contribution in [2.75, 3.05) is 6.61 Å². The predicted molar refractivity (Wildman–Crippen MR) is 90.1 cm³/mol. The Morgan fingerprint density at radius 1 is 0.824 bits per heavy atom. The third-order valence-corrected chi connectivity index (χ3v) is 4.29. The zero-order chi connectivity index (χ0) is 13.0. The molecular formula is C12H27OPS3. The minimum Gasteiger partial charge on any atom is -0.334 e. The Balaban J connectivity index is 3.01. The quantitative estimate of drug-likeness (QED) is 0.259. The lowest BCUT2D eigenvalue weighted by atomic mass is 10.1. The molecule has 0 aromatic rings. The number of unbranched alkanes of at least 4 members (excludes halogenated alkanes) is 9. The predicted octanol–water partition coefficient (Wildman–Crippen LogP) is 6.01. The summed E-state index contributed by atoms with van der Waals surface area (Å²) in [5, 5.41) is 0. The third kappa shape index (κ3) is 17.3. The maximum atomic E-state index is 5.36. The molecule has 0 aromatic heterocycles. The van der Waals surface area contributed by atoms with Crippen molar-refractivity contribution in [3.8, 4) is 0 Å². The van der Waals surface area contributed by atoms with Gasteiger partial charge >= 0.3 is 0 Å². The molecule has 104 valence electrons. The Morgan fingerprint density at radius 2 is 1.24 bits per heavy atom. The highest BCUT2D eigenvalue weighted by Gasteiger charge is 2.02. The van der Waals surface area contributed by atoms with Crippen LogP contribution in [0, 0.1) is 0 Å². The van der Waals surface area contributed by atoms with Gasteiger partial charge in [-0.15, -0.1) is 24.5 Å². The molecule has 0 aliphatic heterocycles. The van der Waals surface area contributed by atoms with E-state index >= 15 is 0 Å². The van der Waals surface area contributed by atoms with Crippen LogP contribution in [0.1, 0.15) is 71.1 Å². The second-order valence-corrected chi connectivity index (χ2v) is 13.2. The van der Waals surface area contributed by atoms with Gasteiger partial charge in [0.15, 0.2) is 4.67 Å². The molecule has 0 atom stereocenters. The SMILES string of the molecule is CCCCCCCCCCCCOP(=S)(S)S. The zero-order valence-corrected chi connectivity index (χ0v) is 14.4. The van der Waals surface area contributed by atoms with Gasteiger partial charge in [-0.05, 0) is 18.2 Å². The Morgan fingerprint density at radius 3 is 1.65 bits per heavy atom. The van der Waals surface area contributed by atoms with E-state index in [2.05, 4.69) is 31.4 Å². The van der Waals surface area contributed by atoms with E-state index in [0.29, 0.717) is 0 Å². The highest BCUT2D eigenvalue weighted by molar-refractivity contribution is 8.90. The molecule has 0 aliphatic rings. The van der Waals surface area contributed by atoms with Gasteiger partial charge in [-0.1, -0.05) is 64.7 Å². The van der Waals surface area contributed by atoms with Crippen molar-refractivity contribution in [2.24, 2.45) is 0 Å². The highest BCUT2D eigenvalue weighted by Crippen LogP contribution is 2.56. The Labute approximate surface area is 123 Å². The van der Waals surface area contributed by atoms with Crippen LogP contribution < -0.4 is 0 Å². The number of rotatable bonds is 12. The Hall–Kier alpha value is 1.31. The van der Waals surface area contributed by atoms with Crippen molar-refractivity contribution in [1.82, 2.24) is 0 Å². The van der Waals surface area contributed by atoms with Crippen LogP contribution in [-0.2, 0) is 16.3 Å². The minimum absolute atomic E-state index is 0.723. The number of hydrogen-bond acceptors (Lipinski definition) is 2. The van der Waals surface area contributed by atoms with Gasteiger partial charge in [-0.2, -0.15) is 0 Å². The molecule has 0 saturated heterocycles. The van der Waals surface area contributed by atoms with Crippen LogP contribution in [0.25, 0.3) is 0 Å². The second kappa shape index (κ2) is 12.3. The third-order valence-electron chi connectivity index (χ3n) is 2.76. The summed E-state index contributed by atoms with van der Waals surface area (Å²) < 4.78 is 3.34. The summed E-state index contributed by atoms with van der Waals surface area (Å²) in [6.07, 6.45) is 13.4. The van der Waals surface area contributed by atoms with Gasteiger partial charge in [0.05, 0.1) is 6.61 Å². The molecule has 0 radical (unpaired) electrons. The molecular weight excluding hydrogens is 287 g/mol. The first-order chi connectivity index (χ1) is 8.06. The summed E-state index contributed by atoms with van der Waals surface area (Å²) in [5.74, 6) is 0. The van der Waals surface area contributed by atoms with Gasteiger partial charge in [-0.25, -0.2) is 0 Å². The molecule has 1 nitrogen and oxygen atoms in total. The molecule has 0 saturated carbocycles. The molecule has 0 spiro atoms. The maximum absolute atomic E-state index is 5.36. The van der Waals surface area contributed by atoms with Gasteiger partial charge in [0.2, 0.25) is 0 Å². The van der Waals surface area contributed by atoms with Crippen molar-refractivity contribution in [2.45, 2.75) is 71.1 Å². The van der Waals surface area contributed by atoms with E-state index in [1.165, 1.54) is 57.8 Å². The lowest BCUT2D eigenvalue weighted by Crippen LogP contribution is -1.88. The smallest absolute Gasteiger partial charge is 0.168 e. The van der Waals surface area contributed by atoms with Crippen molar-refractivity contribution in [3.05, 3.63) is 0 Å². The van der Waals surface area contributed by atoms with E-state index in [4.69, 9.17) is 16.3 Å². The first kappa shape index (κ1) is 18.3. The lowest BCUT2D eigenvalue weighted by molar-refractivity contribution is 0.347. The molecule has 0 amide bonds. The first-order valence-electron chi connectivity index (χ1n) is 6.76. The normalized spacial score (nSPS) is 11.9. The Kier molecular flexibility index (Phi) is 13.3. The van der Waals surface area contributed by atoms with Gasteiger partial charge in [-0.3, -0.25) is 0 Å². The van der Waals surface area contributed by atoms with Gasteiger partial charge < -0.3 is 4.52 Å². The minimum atomic E-state index is -2.02. The van der Waals surface area contributed by atoms with Crippen LogP contribution in [0.4, 0.5) is 0 Å². The maximum Gasteiger partial charge on any atom is 0.168 e. The molecule has 0 rings (SSSR count). The lowest BCUT2D eigenvalue weighted by Gasteiger charge is -2.09. The van der Waals surface area contributed by atoms with Gasteiger partial charge in [0.25, 0.3) is 0 Å². The summed E-state index contributed by atoms with van der Waals surface area (Å²) in [6.45, 7) is 2.98. The zero-order valence-electron chi connectivity index (χ0n) is 10.9. The monoisotopic (exact) mass is 314 g/mol. The average molecular weight is 315 g/mol. The van der Waals surface area contributed by atoms with Crippen molar-refractivity contribution >= 4 is 41.0 Å². The number of hydrogen-bond donors (Lipinski definition) is 2. The standard InChI is InChI=1S/C12H27OPS3/c1-2-3-4-5-6-7-8-9-10-11-12-13-14(15,16)17/h2-12H2,1H3,(H2,15,16,17). The van der Waals surface area contributed by atoms with Crippen molar-refractivity contribution in [1.29, 1.82) is 0 Å². The van der Waals surface area contributed by atoms with E-state index in [9.17, 15) is 0 Å². The largest absolute Gasteiger partial charge is 0.334 e. The molecule has 17 heavy (non-hydrogen) atoms. The molecule has 0 aliphatic carbocycles. The highest BCUT2D eigenvalue weighted by atomic mass is 33.2. The second-order valence-electron chi connectivity index (χ2n) is 4.51. The van der Waals surface area contributed by atoms with E-state index in [-0.39, 0.29) is 0 Å². The molecule has 0 aromatic carbocycles. The Bertz CT molecular complexity index is 206. The van der Waals surface area contributed by atoms with Crippen LogP contribution in [0.2, 0.25) is 0 Å². The van der Waals surface area contributed by atoms with Crippen LogP contribution in [0.5, 0.6) is 0 Å². The topological polar surface area (TPSA) is 9.23 Å². The van der Waals surface area contributed by atoms with Crippen LogP contribution >= 0.6 is 29.2 Å². The molecule has 0 heterocycles. The summed E-state index contributed by atoms with van der Waals surface area (Å²) in [4.78, 5) is 0. The summed E-state index contributed by atoms with van der Waals surface area (Å²) >= 11 is 13.2. The molecule has 0 fully saturated rings. The van der Waals surface area contributed by atoms with Crippen LogP contribution in [-0.4, -0.2) is 6.61 Å². The fraction of sp³-hybridized carbons (Fsp3) is 1.00. The van der Waals surface area contributed by atoms with E-state index in [0.717, 1.165) is 13.0 Å². The molecule has 0 N–H and O–H groups in total. The summed E-state index contributed by atoms with van der Waals surface area (Å²) in [7, 11) is 0. The molecule has 5 heteroatoms. The molecule has 0 unspecified atom stereocenters. The van der Waals surface area contributed by atoms with Crippen molar-refractivity contribution < 1.29 is 4.52 Å².